The largest absolute Gasteiger partial charge is 0.355 e. The fourth-order valence-electron chi connectivity index (χ4n) is 3.34. The van der Waals surface area contributed by atoms with Crippen molar-refractivity contribution in [2.45, 2.75) is 13.8 Å². The summed E-state index contributed by atoms with van der Waals surface area (Å²) in [6, 6.07) is 11.7. The van der Waals surface area contributed by atoms with E-state index in [1.807, 2.05) is 23.1 Å². The van der Waals surface area contributed by atoms with Crippen LogP contribution in [0.15, 0.2) is 55.0 Å². The average Bonchev–Trinajstić information content (AvgIpc) is 2.77. The van der Waals surface area contributed by atoms with Crippen molar-refractivity contribution < 1.29 is 4.79 Å². The zero-order valence-corrected chi connectivity index (χ0v) is 16.7. The van der Waals surface area contributed by atoms with E-state index in [4.69, 9.17) is 0 Å². The Hall–Kier alpha value is -3.48. The van der Waals surface area contributed by atoms with E-state index in [9.17, 15) is 4.79 Å². The van der Waals surface area contributed by atoms with Crippen LogP contribution in [0.1, 0.15) is 21.6 Å². The molecule has 1 amide bonds. The van der Waals surface area contributed by atoms with Crippen LogP contribution in [0.3, 0.4) is 0 Å². The van der Waals surface area contributed by atoms with Crippen molar-refractivity contribution in [3.05, 3.63) is 71.8 Å². The van der Waals surface area contributed by atoms with E-state index >= 15 is 0 Å². The van der Waals surface area contributed by atoms with Crippen LogP contribution in [-0.4, -0.2) is 51.9 Å². The van der Waals surface area contributed by atoms with E-state index < -0.39 is 0 Å². The maximum Gasteiger partial charge on any atom is 0.272 e. The number of pyridine rings is 1. The molecular weight excluding hydrogens is 364 g/mol. The fourth-order valence-corrected chi connectivity index (χ4v) is 3.34. The summed E-state index contributed by atoms with van der Waals surface area (Å²) >= 11 is 0. The molecule has 1 aromatic carbocycles. The molecule has 1 fully saturated rings. The summed E-state index contributed by atoms with van der Waals surface area (Å²) < 4.78 is 0. The van der Waals surface area contributed by atoms with Crippen LogP contribution in [0, 0.1) is 13.8 Å². The van der Waals surface area contributed by atoms with Gasteiger partial charge in [0.1, 0.15) is 5.69 Å². The number of benzene rings is 1. The molecule has 29 heavy (non-hydrogen) atoms. The zero-order valence-electron chi connectivity index (χ0n) is 16.7. The third-order valence-corrected chi connectivity index (χ3v) is 5.18. The Morgan fingerprint density at radius 3 is 2.31 bits per heavy atom. The van der Waals surface area contributed by atoms with Crippen molar-refractivity contribution >= 4 is 23.2 Å². The lowest BCUT2D eigenvalue weighted by molar-refractivity contribution is 0.0740. The minimum Gasteiger partial charge on any atom is -0.355 e. The molecule has 1 aliphatic heterocycles. The highest BCUT2D eigenvalue weighted by atomic mass is 16.2. The molecule has 0 atom stereocenters. The van der Waals surface area contributed by atoms with Gasteiger partial charge in [-0.3, -0.25) is 9.78 Å². The maximum atomic E-state index is 12.9. The number of amides is 1. The van der Waals surface area contributed by atoms with Crippen LogP contribution in [0.5, 0.6) is 0 Å². The standard InChI is InChI=1S/C22H24N6O/c1-16-4-5-18(14-17(16)2)26-19-6-9-23-20(15-19)21(29)27-10-12-28(13-11-27)22-24-7-3-8-25-22/h3-9,14-15H,10-13H2,1-2H3,(H,23,26). The van der Waals surface area contributed by atoms with Crippen molar-refractivity contribution in [1.82, 2.24) is 19.9 Å². The molecule has 1 saturated heterocycles. The van der Waals surface area contributed by atoms with Crippen LogP contribution in [-0.2, 0) is 0 Å². The van der Waals surface area contributed by atoms with Gasteiger partial charge in [0.25, 0.3) is 5.91 Å². The third-order valence-electron chi connectivity index (χ3n) is 5.18. The molecule has 0 spiro atoms. The number of nitrogens with zero attached hydrogens (tertiary/aromatic N) is 5. The van der Waals surface area contributed by atoms with Gasteiger partial charge in [0.2, 0.25) is 5.95 Å². The molecule has 7 heteroatoms. The molecule has 0 bridgehead atoms. The number of carbonyl (C=O) groups is 1. The zero-order chi connectivity index (χ0) is 20.2. The third kappa shape index (κ3) is 4.34. The molecule has 3 aromatic rings. The van der Waals surface area contributed by atoms with Gasteiger partial charge in [-0.15, -0.1) is 0 Å². The van der Waals surface area contributed by atoms with Gasteiger partial charge in [-0.05, 0) is 55.3 Å². The predicted octanol–water partition coefficient (Wildman–Crippen LogP) is 3.19. The predicted molar refractivity (Wildman–Crippen MR) is 114 cm³/mol. The second-order valence-corrected chi connectivity index (χ2v) is 7.18. The Morgan fingerprint density at radius 1 is 0.862 bits per heavy atom. The Labute approximate surface area is 170 Å². The summed E-state index contributed by atoms with van der Waals surface area (Å²) in [5.41, 5.74) is 4.77. The molecule has 7 nitrogen and oxygen atoms in total. The Balaban J connectivity index is 1.41. The molecule has 148 valence electrons. The molecule has 1 aliphatic rings. The van der Waals surface area contributed by atoms with Gasteiger partial charge in [-0.1, -0.05) is 6.07 Å². The minimum atomic E-state index is -0.0534. The molecule has 1 N–H and O–H groups in total. The number of hydrogen-bond donors (Lipinski definition) is 1. The summed E-state index contributed by atoms with van der Waals surface area (Å²) in [6.07, 6.45) is 5.14. The van der Waals surface area contributed by atoms with E-state index in [1.165, 1.54) is 11.1 Å². The van der Waals surface area contributed by atoms with Gasteiger partial charge in [0, 0.05) is 56.1 Å². The van der Waals surface area contributed by atoms with Gasteiger partial charge < -0.3 is 15.1 Å². The Bertz CT molecular complexity index is 999. The smallest absolute Gasteiger partial charge is 0.272 e. The first kappa shape index (κ1) is 18.9. The number of aryl methyl sites for hydroxylation is 2. The van der Waals surface area contributed by atoms with Gasteiger partial charge in [0.15, 0.2) is 0 Å². The molecule has 4 rings (SSSR count). The van der Waals surface area contributed by atoms with Gasteiger partial charge in [-0.25, -0.2) is 9.97 Å². The summed E-state index contributed by atoms with van der Waals surface area (Å²) in [4.78, 5) is 29.7. The fraction of sp³-hybridized carbons (Fsp3) is 0.273. The van der Waals surface area contributed by atoms with Crippen molar-refractivity contribution in [3.63, 3.8) is 0 Å². The van der Waals surface area contributed by atoms with Crippen LogP contribution in [0.2, 0.25) is 0 Å². The van der Waals surface area contributed by atoms with Crippen LogP contribution < -0.4 is 10.2 Å². The molecular formula is C22H24N6O. The highest BCUT2D eigenvalue weighted by Gasteiger charge is 2.24. The molecule has 0 saturated carbocycles. The van der Waals surface area contributed by atoms with Crippen LogP contribution in [0.25, 0.3) is 0 Å². The minimum absolute atomic E-state index is 0.0534. The van der Waals surface area contributed by atoms with Crippen LogP contribution in [0.4, 0.5) is 17.3 Å². The first-order valence-corrected chi connectivity index (χ1v) is 9.72. The molecule has 2 aromatic heterocycles. The lowest BCUT2D eigenvalue weighted by atomic mass is 10.1. The SMILES string of the molecule is Cc1ccc(Nc2ccnc(C(=O)N3CCN(c4ncccn4)CC3)c2)cc1C. The van der Waals surface area contributed by atoms with E-state index in [2.05, 4.69) is 51.1 Å². The first-order chi connectivity index (χ1) is 14.1. The molecule has 0 radical (unpaired) electrons. The summed E-state index contributed by atoms with van der Waals surface area (Å²) in [7, 11) is 0. The summed E-state index contributed by atoms with van der Waals surface area (Å²) in [5, 5.41) is 3.36. The summed E-state index contributed by atoms with van der Waals surface area (Å²) in [6.45, 7) is 6.82. The second kappa shape index (κ2) is 8.26. The average molecular weight is 388 g/mol. The number of piperazine rings is 1. The topological polar surface area (TPSA) is 74.2 Å². The van der Waals surface area contributed by atoms with Gasteiger partial charge >= 0.3 is 0 Å². The van der Waals surface area contributed by atoms with E-state index in [-0.39, 0.29) is 5.91 Å². The van der Waals surface area contributed by atoms with Crippen molar-refractivity contribution in [2.24, 2.45) is 0 Å². The van der Waals surface area contributed by atoms with Crippen molar-refractivity contribution in [1.29, 1.82) is 0 Å². The highest BCUT2D eigenvalue weighted by molar-refractivity contribution is 5.93. The van der Waals surface area contributed by atoms with Gasteiger partial charge in [0.05, 0.1) is 0 Å². The van der Waals surface area contributed by atoms with Crippen molar-refractivity contribution in [3.8, 4) is 0 Å². The number of nitrogens with one attached hydrogen (secondary N) is 1. The number of hydrogen-bond acceptors (Lipinski definition) is 6. The number of anilines is 3. The lowest BCUT2D eigenvalue weighted by Crippen LogP contribution is -2.49. The maximum absolute atomic E-state index is 12.9. The molecule has 0 unspecified atom stereocenters. The number of rotatable bonds is 4. The second-order valence-electron chi connectivity index (χ2n) is 7.18. The van der Waals surface area contributed by atoms with Crippen molar-refractivity contribution in [2.75, 3.05) is 36.4 Å². The normalized spacial score (nSPS) is 14.0. The number of carbonyl (C=O) groups excluding carboxylic acids is 1. The Morgan fingerprint density at radius 2 is 1.59 bits per heavy atom. The molecule has 0 aliphatic carbocycles. The van der Waals surface area contributed by atoms with E-state index in [0.29, 0.717) is 37.8 Å². The quantitative estimate of drug-likeness (QED) is 0.740. The van der Waals surface area contributed by atoms with E-state index in [0.717, 1.165) is 11.4 Å². The van der Waals surface area contributed by atoms with Crippen LogP contribution >= 0.6 is 0 Å². The Kier molecular flexibility index (Phi) is 5.37. The summed E-state index contributed by atoms with van der Waals surface area (Å²) in [5.74, 6) is 0.652. The van der Waals surface area contributed by atoms with E-state index in [1.54, 1.807) is 24.7 Å². The van der Waals surface area contributed by atoms with Gasteiger partial charge in [-0.2, -0.15) is 0 Å². The lowest BCUT2D eigenvalue weighted by Gasteiger charge is -2.34. The monoisotopic (exact) mass is 388 g/mol. The highest BCUT2D eigenvalue weighted by Crippen LogP contribution is 2.20. The molecule has 3 heterocycles. The number of aromatic nitrogens is 3. The first-order valence-electron chi connectivity index (χ1n) is 9.72.